The number of amides is 3. The van der Waals surface area contributed by atoms with Crippen LogP contribution in [0.4, 0.5) is 4.79 Å². The third kappa shape index (κ3) is 5.75. The second kappa shape index (κ2) is 9.98. The molecule has 7 heteroatoms. The number of carbonyl (C=O) groups is 3. The number of carbonyl (C=O) groups excluding carboxylic acids is 3. The Hall–Kier alpha value is -2.83. The molecule has 2 bridgehead atoms. The number of rotatable bonds is 7. The van der Waals surface area contributed by atoms with Gasteiger partial charge in [0.2, 0.25) is 11.8 Å². The SMILES string of the molecule is CCC(C)C(C=CC(=O)N1C2CCC1c1ccccc12)NC(=O)C(C)NC(=O)OC(C)(C)C. The maximum absolute atomic E-state index is 13.1. The number of nitrogens with one attached hydrogen (secondary N) is 2. The van der Waals surface area contributed by atoms with Crippen molar-refractivity contribution in [2.45, 2.75) is 90.6 Å². The van der Waals surface area contributed by atoms with Crippen LogP contribution in [0.3, 0.4) is 0 Å². The number of benzene rings is 1. The topological polar surface area (TPSA) is 87.7 Å². The summed E-state index contributed by atoms with van der Waals surface area (Å²) in [5.74, 6) is -0.225. The zero-order valence-corrected chi connectivity index (χ0v) is 20.6. The van der Waals surface area contributed by atoms with Gasteiger partial charge in [-0.05, 0) is 57.6 Å². The van der Waals surface area contributed by atoms with Crippen LogP contribution in [-0.4, -0.2) is 40.5 Å². The first kappa shape index (κ1) is 24.8. The molecular weight excluding hydrogens is 418 g/mol. The molecule has 180 valence electrons. The van der Waals surface area contributed by atoms with Crippen LogP contribution in [0.25, 0.3) is 0 Å². The molecule has 0 radical (unpaired) electrons. The lowest BCUT2D eigenvalue weighted by Crippen LogP contribution is -2.50. The summed E-state index contributed by atoms with van der Waals surface area (Å²) in [6.07, 6.45) is 5.55. The quantitative estimate of drug-likeness (QED) is 0.597. The van der Waals surface area contributed by atoms with Crippen LogP contribution in [-0.2, 0) is 14.3 Å². The van der Waals surface area contributed by atoms with Crippen molar-refractivity contribution in [1.82, 2.24) is 15.5 Å². The van der Waals surface area contributed by atoms with Crippen molar-refractivity contribution in [3.63, 3.8) is 0 Å². The van der Waals surface area contributed by atoms with Crippen molar-refractivity contribution in [2.24, 2.45) is 5.92 Å². The Kier molecular flexibility index (Phi) is 7.50. The van der Waals surface area contributed by atoms with E-state index in [1.165, 1.54) is 11.1 Å². The summed E-state index contributed by atoms with van der Waals surface area (Å²) >= 11 is 0. The minimum Gasteiger partial charge on any atom is -0.444 e. The van der Waals surface area contributed by atoms with Crippen LogP contribution in [0.5, 0.6) is 0 Å². The van der Waals surface area contributed by atoms with Gasteiger partial charge in [-0.1, -0.05) is 50.6 Å². The number of nitrogens with zero attached hydrogens (tertiary/aromatic N) is 1. The van der Waals surface area contributed by atoms with Gasteiger partial charge in [-0.3, -0.25) is 9.59 Å². The van der Waals surface area contributed by atoms with Gasteiger partial charge in [0.15, 0.2) is 0 Å². The average molecular weight is 456 g/mol. The smallest absolute Gasteiger partial charge is 0.408 e. The molecule has 3 rings (SSSR count). The van der Waals surface area contributed by atoms with E-state index in [1.807, 2.05) is 30.9 Å². The van der Waals surface area contributed by atoms with E-state index in [1.54, 1.807) is 39.8 Å². The van der Waals surface area contributed by atoms with Crippen LogP contribution in [0.2, 0.25) is 0 Å². The van der Waals surface area contributed by atoms with E-state index >= 15 is 0 Å². The lowest BCUT2D eigenvalue weighted by Gasteiger charge is -2.25. The Bertz CT molecular complexity index is 889. The van der Waals surface area contributed by atoms with Gasteiger partial charge < -0.3 is 20.3 Å². The maximum atomic E-state index is 13.1. The Morgan fingerprint density at radius 1 is 1.09 bits per heavy atom. The van der Waals surface area contributed by atoms with Gasteiger partial charge in [-0.2, -0.15) is 0 Å². The van der Waals surface area contributed by atoms with Crippen molar-refractivity contribution in [3.05, 3.63) is 47.5 Å². The molecule has 7 nitrogen and oxygen atoms in total. The van der Waals surface area contributed by atoms with E-state index in [0.29, 0.717) is 0 Å². The highest BCUT2D eigenvalue weighted by molar-refractivity contribution is 5.90. The molecule has 33 heavy (non-hydrogen) atoms. The maximum Gasteiger partial charge on any atom is 0.408 e. The van der Waals surface area contributed by atoms with Crippen LogP contribution in [0.15, 0.2) is 36.4 Å². The molecule has 0 spiro atoms. The Morgan fingerprint density at radius 3 is 2.18 bits per heavy atom. The standard InChI is InChI=1S/C26H37N3O4/c1-7-16(2)20(28-24(31)17(3)27-25(32)33-26(4,5)6)12-15-23(30)29-21-13-14-22(29)19-11-9-8-10-18(19)21/h8-12,15-17,20-22H,7,13-14H2,1-6H3,(H,27,32)(H,28,31). The largest absolute Gasteiger partial charge is 0.444 e. The first-order valence-electron chi connectivity index (χ1n) is 11.9. The second-order valence-corrected chi connectivity index (χ2v) is 10.1. The van der Waals surface area contributed by atoms with Crippen LogP contribution < -0.4 is 10.6 Å². The fraction of sp³-hybridized carbons (Fsp3) is 0.577. The number of fused-ring (bicyclic) bond motifs is 5. The van der Waals surface area contributed by atoms with E-state index in [-0.39, 0.29) is 35.9 Å². The molecule has 5 atom stereocenters. The van der Waals surface area contributed by atoms with Gasteiger partial charge in [0, 0.05) is 6.08 Å². The highest BCUT2D eigenvalue weighted by atomic mass is 16.6. The molecule has 1 aromatic rings. The molecule has 2 aliphatic heterocycles. The van der Waals surface area contributed by atoms with Crippen molar-refractivity contribution >= 4 is 17.9 Å². The van der Waals surface area contributed by atoms with Gasteiger partial charge in [0.1, 0.15) is 11.6 Å². The highest BCUT2D eigenvalue weighted by Crippen LogP contribution is 2.52. The normalized spacial score (nSPS) is 21.9. The van der Waals surface area contributed by atoms with E-state index in [4.69, 9.17) is 4.74 Å². The molecule has 2 heterocycles. The fourth-order valence-corrected chi connectivity index (χ4v) is 4.59. The first-order valence-corrected chi connectivity index (χ1v) is 11.9. The molecule has 0 saturated carbocycles. The van der Waals surface area contributed by atoms with Gasteiger partial charge >= 0.3 is 6.09 Å². The van der Waals surface area contributed by atoms with Gasteiger partial charge in [0.05, 0.1) is 18.1 Å². The zero-order valence-electron chi connectivity index (χ0n) is 20.6. The summed E-state index contributed by atoms with van der Waals surface area (Å²) in [7, 11) is 0. The van der Waals surface area contributed by atoms with Crippen molar-refractivity contribution in [1.29, 1.82) is 0 Å². The van der Waals surface area contributed by atoms with Gasteiger partial charge in [0.25, 0.3) is 0 Å². The third-order valence-corrected chi connectivity index (χ3v) is 6.49. The summed E-state index contributed by atoms with van der Waals surface area (Å²) in [5.41, 5.74) is 1.87. The molecular formula is C26H37N3O4. The second-order valence-electron chi connectivity index (χ2n) is 10.1. The Labute approximate surface area is 196 Å². The predicted molar refractivity (Wildman–Crippen MR) is 127 cm³/mol. The summed E-state index contributed by atoms with van der Waals surface area (Å²) in [5, 5.41) is 5.54. The van der Waals surface area contributed by atoms with Gasteiger partial charge in [-0.15, -0.1) is 0 Å². The summed E-state index contributed by atoms with van der Waals surface area (Å²) in [6.45, 7) is 11.0. The zero-order chi connectivity index (χ0) is 24.3. The van der Waals surface area contributed by atoms with Crippen LogP contribution in [0, 0.1) is 5.92 Å². The molecule has 0 aliphatic carbocycles. The highest BCUT2D eigenvalue weighted by Gasteiger charge is 2.45. The van der Waals surface area contributed by atoms with Crippen LogP contribution >= 0.6 is 0 Å². The number of hydrogen-bond donors (Lipinski definition) is 2. The van der Waals surface area contributed by atoms with Crippen molar-refractivity contribution < 1.29 is 19.1 Å². The number of ether oxygens (including phenoxy) is 1. The summed E-state index contributed by atoms with van der Waals surface area (Å²) in [6, 6.07) is 7.47. The summed E-state index contributed by atoms with van der Waals surface area (Å²) in [4.78, 5) is 39.8. The molecule has 1 saturated heterocycles. The lowest BCUT2D eigenvalue weighted by molar-refractivity contribution is -0.128. The third-order valence-electron chi connectivity index (χ3n) is 6.49. The lowest BCUT2D eigenvalue weighted by atomic mass is 9.92. The molecule has 3 amide bonds. The monoisotopic (exact) mass is 455 g/mol. The minimum atomic E-state index is -0.764. The van der Waals surface area contributed by atoms with Crippen molar-refractivity contribution in [3.8, 4) is 0 Å². The Morgan fingerprint density at radius 2 is 1.67 bits per heavy atom. The molecule has 2 N–H and O–H groups in total. The van der Waals surface area contributed by atoms with E-state index < -0.39 is 17.7 Å². The Balaban J connectivity index is 1.63. The number of alkyl carbamates (subject to hydrolysis) is 1. The number of hydrogen-bond acceptors (Lipinski definition) is 4. The fourth-order valence-electron chi connectivity index (χ4n) is 4.59. The summed E-state index contributed by atoms with van der Waals surface area (Å²) < 4.78 is 5.23. The molecule has 0 aromatic heterocycles. The molecule has 1 fully saturated rings. The average Bonchev–Trinajstić information content (AvgIpc) is 3.32. The van der Waals surface area contributed by atoms with Gasteiger partial charge in [-0.25, -0.2) is 4.79 Å². The van der Waals surface area contributed by atoms with E-state index in [0.717, 1.165) is 19.3 Å². The van der Waals surface area contributed by atoms with Crippen molar-refractivity contribution in [2.75, 3.05) is 0 Å². The predicted octanol–water partition coefficient (Wildman–Crippen LogP) is 4.41. The molecule has 1 aromatic carbocycles. The first-order chi connectivity index (χ1) is 15.5. The molecule has 5 unspecified atom stereocenters. The van der Waals surface area contributed by atoms with E-state index in [2.05, 4.69) is 22.8 Å². The molecule has 2 aliphatic rings. The van der Waals surface area contributed by atoms with Crippen LogP contribution in [0.1, 0.15) is 84.0 Å². The minimum absolute atomic E-state index is 0.0267. The van der Waals surface area contributed by atoms with E-state index in [9.17, 15) is 14.4 Å².